The van der Waals surface area contributed by atoms with E-state index in [0.29, 0.717) is 24.1 Å². The fourth-order valence-electron chi connectivity index (χ4n) is 2.66. The van der Waals surface area contributed by atoms with Crippen molar-refractivity contribution in [3.8, 4) is 5.88 Å². The quantitative estimate of drug-likeness (QED) is 0.887. The first-order valence-corrected chi connectivity index (χ1v) is 7.84. The first-order chi connectivity index (χ1) is 11.7. The molecule has 24 heavy (non-hydrogen) atoms. The number of aromatic nitrogens is 3. The number of carbonyl (C=O) groups is 1. The Morgan fingerprint density at radius 3 is 2.83 bits per heavy atom. The summed E-state index contributed by atoms with van der Waals surface area (Å²) in [7, 11) is 1.55. The normalized spacial score (nSPS) is 17.2. The molecule has 126 valence electrons. The highest BCUT2D eigenvalue weighted by atomic mass is 16.5. The third kappa shape index (κ3) is 4.09. The Hall–Kier alpha value is -2.90. The van der Waals surface area contributed by atoms with E-state index in [1.807, 2.05) is 0 Å². The van der Waals surface area contributed by atoms with Crippen molar-refractivity contribution in [1.29, 1.82) is 0 Å². The average molecular weight is 328 g/mol. The standard InChI is InChI=1S/C16H20N6O2/c1-24-14-6-5-12(10-19-14)20-16(23)21-13-4-2-9-22(11-13)15-17-7-3-8-18-15/h3,5-8,10,13H,2,4,9,11H2,1H3,(H2,20,21,23)/t13-/m0/s1. The monoisotopic (exact) mass is 328 g/mol. The first kappa shape index (κ1) is 16.0. The molecule has 1 saturated heterocycles. The zero-order valence-electron chi connectivity index (χ0n) is 13.5. The summed E-state index contributed by atoms with van der Waals surface area (Å²) in [6, 6.07) is 5.04. The SMILES string of the molecule is COc1ccc(NC(=O)N[C@H]2CCCN(c3ncccn3)C2)cn1. The molecule has 0 bridgehead atoms. The van der Waals surface area contributed by atoms with Gasteiger partial charge in [-0.15, -0.1) is 0 Å². The van der Waals surface area contributed by atoms with E-state index >= 15 is 0 Å². The fourth-order valence-corrected chi connectivity index (χ4v) is 2.66. The van der Waals surface area contributed by atoms with Gasteiger partial charge in [-0.05, 0) is 25.0 Å². The van der Waals surface area contributed by atoms with Crippen molar-refractivity contribution in [3.63, 3.8) is 0 Å². The number of pyridine rings is 1. The van der Waals surface area contributed by atoms with Crippen LogP contribution >= 0.6 is 0 Å². The van der Waals surface area contributed by atoms with E-state index in [2.05, 4.69) is 30.5 Å². The number of rotatable bonds is 4. The van der Waals surface area contributed by atoms with Crippen LogP contribution < -0.4 is 20.3 Å². The van der Waals surface area contributed by atoms with Crippen LogP contribution in [0.25, 0.3) is 0 Å². The third-order valence-corrected chi connectivity index (χ3v) is 3.79. The summed E-state index contributed by atoms with van der Waals surface area (Å²) in [5.74, 6) is 1.20. The molecule has 0 spiro atoms. The van der Waals surface area contributed by atoms with Gasteiger partial charge in [-0.3, -0.25) is 0 Å². The minimum absolute atomic E-state index is 0.0498. The van der Waals surface area contributed by atoms with Crippen LogP contribution in [0.4, 0.5) is 16.4 Å². The highest BCUT2D eigenvalue weighted by molar-refractivity contribution is 5.89. The van der Waals surface area contributed by atoms with E-state index in [4.69, 9.17) is 4.74 Å². The molecule has 8 nitrogen and oxygen atoms in total. The summed E-state index contributed by atoms with van der Waals surface area (Å²) in [5, 5.41) is 5.77. The number of piperidine rings is 1. The van der Waals surface area contributed by atoms with Gasteiger partial charge in [-0.2, -0.15) is 0 Å². The van der Waals surface area contributed by atoms with Crippen LogP contribution in [0.3, 0.4) is 0 Å². The van der Waals surface area contributed by atoms with E-state index < -0.39 is 0 Å². The zero-order valence-corrected chi connectivity index (χ0v) is 13.5. The highest BCUT2D eigenvalue weighted by Crippen LogP contribution is 2.16. The number of methoxy groups -OCH3 is 1. The van der Waals surface area contributed by atoms with E-state index in [1.165, 1.54) is 0 Å². The average Bonchev–Trinajstić information content (AvgIpc) is 2.63. The second-order valence-electron chi connectivity index (χ2n) is 5.52. The number of hydrogen-bond donors (Lipinski definition) is 2. The summed E-state index contributed by atoms with van der Waals surface area (Å²) in [6.45, 7) is 1.59. The van der Waals surface area contributed by atoms with Crippen molar-refractivity contribution in [2.24, 2.45) is 0 Å². The Morgan fingerprint density at radius 2 is 2.12 bits per heavy atom. The Kier molecular flexibility index (Phi) is 5.05. The van der Waals surface area contributed by atoms with Crippen LogP contribution in [0.15, 0.2) is 36.8 Å². The molecule has 1 atom stereocenters. The first-order valence-electron chi connectivity index (χ1n) is 7.84. The van der Waals surface area contributed by atoms with Gasteiger partial charge in [0.25, 0.3) is 0 Å². The maximum atomic E-state index is 12.1. The fraction of sp³-hybridized carbons (Fsp3) is 0.375. The van der Waals surface area contributed by atoms with Crippen LogP contribution in [0.5, 0.6) is 5.88 Å². The number of amides is 2. The van der Waals surface area contributed by atoms with Crippen LogP contribution in [0.1, 0.15) is 12.8 Å². The number of carbonyl (C=O) groups excluding carboxylic acids is 1. The van der Waals surface area contributed by atoms with Crippen molar-refractivity contribution in [1.82, 2.24) is 20.3 Å². The van der Waals surface area contributed by atoms with Gasteiger partial charge < -0.3 is 20.3 Å². The molecule has 0 aliphatic carbocycles. The Morgan fingerprint density at radius 1 is 1.29 bits per heavy atom. The lowest BCUT2D eigenvalue weighted by Crippen LogP contribution is -2.49. The second-order valence-corrected chi connectivity index (χ2v) is 5.52. The molecular formula is C16H20N6O2. The molecule has 2 aromatic rings. The van der Waals surface area contributed by atoms with E-state index in [9.17, 15) is 4.79 Å². The van der Waals surface area contributed by atoms with Crippen molar-refractivity contribution in [3.05, 3.63) is 36.8 Å². The predicted molar refractivity (Wildman–Crippen MR) is 90.2 cm³/mol. The Bertz CT molecular complexity index is 664. The Balaban J connectivity index is 1.53. The molecule has 1 fully saturated rings. The molecule has 0 unspecified atom stereocenters. The van der Waals surface area contributed by atoms with Crippen molar-refractivity contribution >= 4 is 17.7 Å². The minimum atomic E-state index is -0.247. The highest BCUT2D eigenvalue weighted by Gasteiger charge is 2.22. The Labute approximate surface area is 140 Å². The molecule has 2 amide bonds. The summed E-state index contributed by atoms with van der Waals surface area (Å²) in [6.07, 6.45) is 6.92. The topological polar surface area (TPSA) is 92.3 Å². The van der Waals surface area contributed by atoms with Crippen LogP contribution in [-0.2, 0) is 0 Å². The number of ether oxygens (including phenoxy) is 1. The molecule has 8 heteroatoms. The lowest BCUT2D eigenvalue weighted by atomic mass is 10.1. The van der Waals surface area contributed by atoms with Gasteiger partial charge in [0.05, 0.1) is 19.0 Å². The van der Waals surface area contributed by atoms with Crippen molar-refractivity contribution < 1.29 is 9.53 Å². The van der Waals surface area contributed by atoms with Crippen LogP contribution in [0, 0.1) is 0 Å². The predicted octanol–water partition coefficient (Wildman–Crippen LogP) is 1.67. The molecule has 1 aliphatic rings. The van der Waals surface area contributed by atoms with E-state index in [-0.39, 0.29) is 12.1 Å². The molecule has 0 saturated carbocycles. The molecule has 1 aliphatic heterocycles. The summed E-state index contributed by atoms with van der Waals surface area (Å²) < 4.78 is 4.99. The van der Waals surface area contributed by atoms with Gasteiger partial charge in [-0.1, -0.05) is 0 Å². The molecule has 0 radical (unpaired) electrons. The number of anilines is 2. The van der Waals surface area contributed by atoms with Gasteiger partial charge in [-0.25, -0.2) is 19.7 Å². The van der Waals surface area contributed by atoms with Gasteiger partial charge in [0.15, 0.2) is 0 Å². The smallest absolute Gasteiger partial charge is 0.319 e. The lowest BCUT2D eigenvalue weighted by molar-refractivity contribution is 0.246. The lowest BCUT2D eigenvalue weighted by Gasteiger charge is -2.33. The van der Waals surface area contributed by atoms with Gasteiger partial charge >= 0.3 is 6.03 Å². The van der Waals surface area contributed by atoms with Crippen LogP contribution in [-0.4, -0.2) is 47.2 Å². The van der Waals surface area contributed by atoms with E-state index in [0.717, 1.165) is 19.4 Å². The number of nitrogens with one attached hydrogen (secondary N) is 2. The molecule has 3 heterocycles. The molecule has 2 N–H and O–H groups in total. The van der Waals surface area contributed by atoms with Crippen molar-refractivity contribution in [2.75, 3.05) is 30.4 Å². The number of urea groups is 1. The molecule has 2 aromatic heterocycles. The summed E-state index contributed by atoms with van der Waals surface area (Å²) in [4.78, 5) is 26.8. The molecule has 0 aromatic carbocycles. The molecular weight excluding hydrogens is 308 g/mol. The second kappa shape index (κ2) is 7.58. The van der Waals surface area contributed by atoms with Gasteiger partial charge in [0.2, 0.25) is 11.8 Å². The minimum Gasteiger partial charge on any atom is -0.481 e. The van der Waals surface area contributed by atoms with Gasteiger partial charge in [0, 0.05) is 37.6 Å². The number of hydrogen-bond acceptors (Lipinski definition) is 6. The third-order valence-electron chi connectivity index (χ3n) is 3.79. The van der Waals surface area contributed by atoms with Crippen LogP contribution in [0.2, 0.25) is 0 Å². The number of nitrogens with zero attached hydrogens (tertiary/aromatic N) is 4. The largest absolute Gasteiger partial charge is 0.481 e. The maximum Gasteiger partial charge on any atom is 0.319 e. The van der Waals surface area contributed by atoms with Crippen molar-refractivity contribution in [2.45, 2.75) is 18.9 Å². The zero-order chi connectivity index (χ0) is 16.8. The summed E-state index contributed by atoms with van der Waals surface area (Å²) >= 11 is 0. The molecule has 3 rings (SSSR count). The van der Waals surface area contributed by atoms with Gasteiger partial charge in [0.1, 0.15) is 0 Å². The maximum absolute atomic E-state index is 12.1. The summed E-state index contributed by atoms with van der Waals surface area (Å²) in [5.41, 5.74) is 0.618. The van der Waals surface area contributed by atoms with E-state index in [1.54, 1.807) is 43.9 Å².